The number of rotatable bonds is 5. The molecule has 0 aromatic rings. The minimum atomic E-state index is -0.118. The molecular formula is C12H22O2. The normalized spacial score (nSPS) is 15.7. The Morgan fingerprint density at radius 2 is 0.929 bits per heavy atom. The van der Waals surface area contributed by atoms with Crippen LogP contribution in [0, 0.1) is 23.7 Å². The fourth-order valence-corrected chi connectivity index (χ4v) is 2.27. The van der Waals surface area contributed by atoms with Crippen LogP contribution >= 0.6 is 0 Å². The summed E-state index contributed by atoms with van der Waals surface area (Å²) in [5.74, 6) is 0.510. The topological polar surface area (TPSA) is 34.1 Å². The van der Waals surface area contributed by atoms with Gasteiger partial charge in [-0.2, -0.15) is 0 Å². The highest BCUT2D eigenvalue weighted by atomic mass is 16.1. The van der Waals surface area contributed by atoms with Crippen LogP contribution in [0.3, 0.4) is 0 Å². The van der Waals surface area contributed by atoms with Crippen molar-refractivity contribution in [3.63, 3.8) is 0 Å². The summed E-state index contributed by atoms with van der Waals surface area (Å²) in [6.45, 7) is 11.2. The zero-order chi connectivity index (χ0) is 11.5. The zero-order valence-electron chi connectivity index (χ0n) is 10.1. The first-order valence-corrected chi connectivity index (χ1v) is 5.29. The van der Waals surface area contributed by atoms with Gasteiger partial charge in [0.25, 0.3) is 0 Å². The van der Waals surface area contributed by atoms with E-state index >= 15 is 0 Å². The van der Waals surface area contributed by atoms with Crippen molar-refractivity contribution in [1.82, 2.24) is 0 Å². The molecule has 0 N–H and O–H groups in total. The number of carbonyl (C=O) groups excluding carboxylic acids is 2. The summed E-state index contributed by atoms with van der Waals surface area (Å²) in [5.41, 5.74) is 0. The molecule has 0 saturated carbocycles. The van der Waals surface area contributed by atoms with Crippen molar-refractivity contribution in [2.75, 3.05) is 0 Å². The van der Waals surface area contributed by atoms with Gasteiger partial charge in [-0.3, -0.25) is 9.59 Å². The van der Waals surface area contributed by atoms with Crippen LogP contribution in [0.5, 0.6) is 0 Å². The quantitative estimate of drug-likeness (QED) is 0.680. The lowest BCUT2D eigenvalue weighted by atomic mass is 9.73. The molecule has 0 rings (SSSR count). The molecule has 14 heavy (non-hydrogen) atoms. The third-order valence-corrected chi connectivity index (χ3v) is 2.76. The maximum absolute atomic E-state index is 11.5. The molecule has 2 heteroatoms. The van der Waals surface area contributed by atoms with Crippen LogP contribution in [0.2, 0.25) is 0 Å². The predicted molar refractivity (Wildman–Crippen MR) is 58.0 cm³/mol. The lowest BCUT2D eigenvalue weighted by Crippen LogP contribution is -2.34. The fourth-order valence-electron chi connectivity index (χ4n) is 2.27. The van der Waals surface area contributed by atoms with Gasteiger partial charge in [0.15, 0.2) is 0 Å². The lowest BCUT2D eigenvalue weighted by molar-refractivity contribution is -0.133. The fraction of sp³-hybridized carbons (Fsp3) is 0.833. The van der Waals surface area contributed by atoms with Crippen LogP contribution in [0.15, 0.2) is 0 Å². The SMILES string of the molecule is CC(=O)[C@H](C(C)C)[C@@H](C(C)=O)C(C)C. The van der Waals surface area contributed by atoms with Gasteiger partial charge in [-0.15, -0.1) is 0 Å². The molecule has 0 heterocycles. The van der Waals surface area contributed by atoms with Gasteiger partial charge in [0, 0.05) is 11.8 Å². The monoisotopic (exact) mass is 198 g/mol. The third kappa shape index (κ3) is 3.24. The zero-order valence-corrected chi connectivity index (χ0v) is 10.1. The Kier molecular flexibility index (Phi) is 5.03. The van der Waals surface area contributed by atoms with Gasteiger partial charge in [-0.1, -0.05) is 27.7 Å². The van der Waals surface area contributed by atoms with E-state index in [1.807, 2.05) is 27.7 Å². The molecule has 82 valence electrons. The van der Waals surface area contributed by atoms with Gasteiger partial charge in [-0.05, 0) is 25.7 Å². The first-order chi connectivity index (χ1) is 6.29. The van der Waals surface area contributed by atoms with Crippen LogP contribution in [0.25, 0.3) is 0 Å². The van der Waals surface area contributed by atoms with Gasteiger partial charge in [0.2, 0.25) is 0 Å². The molecule has 0 saturated heterocycles. The number of ketones is 2. The van der Waals surface area contributed by atoms with E-state index in [1.165, 1.54) is 0 Å². The van der Waals surface area contributed by atoms with Crippen molar-refractivity contribution in [1.29, 1.82) is 0 Å². The van der Waals surface area contributed by atoms with Crippen molar-refractivity contribution in [3.8, 4) is 0 Å². The summed E-state index contributed by atoms with van der Waals surface area (Å²) in [7, 11) is 0. The molecule has 0 amide bonds. The minimum absolute atomic E-state index is 0.118. The Bertz CT molecular complexity index is 192. The van der Waals surface area contributed by atoms with E-state index < -0.39 is 0 Å². The summed E-state index contributed by atoms with van der Waals surface area (Å²) in [4.78, 5) is 23.0. The molecule has 0 unspecified atom stereocenters. The highest BCUT2D eigenvalue weighted by molar-refractivity contribution is 5.87. The number of Topliss-reactive ketones (excluding diaryl/α,β-unsaturated/α-hetero) is 2. The molecule has 0 aromatic heterocycles. The molecule has 0 aliphatic carbocycles. The van der Waals surface area contributed by atoms with E-state index in [4.69, 9.17) is 0 Å². The molecule has 2 nitrogen and oxygen atoms in total. The number of hydrogen-bond donors (Lipinski definition) is 0. The Hall–Kier alpha value is -0.660. The average Bonchev–Trinajstić information content (AvgIpc) is 1.96. The highest BCUT2D eigenvalue weighted by Gasteiger charge is 2.33. The Balaban J connectivity index is 4.93. The van der Waals surface area contributed by atoms with E-state index in [1.54, 1.807) is 13.8 Å². The molecule has 0 bridgehead atoms. The molecule has 2 atom stereocenters. The van der Waals surface area contributed by atoms with Crippen LogP contribution in [-0.2, 0) is 9.59 Å². The van der Waals surface area contributed by atoms with E-state index in [2.05, 4.69) is 0 Å². The highest BCUT2D eigenvalue weighted by Crippen LogP contribution is 2.28. The third-order valence-electron chi connectivity index (χ3n) is 2.76. The second kappa shape index (κ2) is 5.28. The Morgan fingerprint density at radius 1 is 0.714 bits per heavy atom. The molecule has 0 aliphatic heterocycles. The van der Waals surface area contributed by atoms with E-state index in [-0.39, 0.29) is 35.2 Å². The van der Waals surface area contributed by atoms with Crippen molar-refractivity contribution >= 4 is 11.6 Å². The van der Waals surface area contributed by atoms with Gasteiger partial charge in [-0.25, -0.2) is 0 Å². The summed E-state index contributed by atoms with van der Waals surface area (Å²) in [5, 5.41) is 0. The summed E-state index contributed by atoms with van der Waals surface area (Å²) < 4.78 is 0. The van der Waals surface area contributed by atoms with Crippen LogP contribution in [-0.4, -0.2) is 11.6 Å². The van der Waals surface area contributed by atoms with E-state index in [0.717, 1.165) is 0 Å². The van der Waals surface area contributed by atoms with Gasteiger partial charge >= 0.3 is 0 Å². The van der Waals surface area contributed by atoms with Gasteiger partial charge in [0.1, 0.15) is 11.6 Å². The maximum Gasteiger partial charge on any atom is 0.133 e. The Morgan fingerprint density at radius 3 is 1.00 bits per heavy atom. The van der Waals surface area contributed by atoms with Crippen molar-refractivity contribution < 1.29 is 9.59 Å². The van der Waals surface area contributed by atoms with Gasteiger partial charge in [0.05, 0.1) is 0 Å². The van der Waals surface area contributed by atoms with Crippen molar-refractivity contribution in [2.24, 2.45) is 23.7 Å². The van der Waals surface area contributed by atoms with Crippen molar-refractivity contribution in [2.45, 2.75) is 41.5 Å². The predicted octanol–water partition coefficient (Wildman–Crippen LogP) is 2.71. The maximum atomic E-state index is 11.5. The van der Waals surface area contributed by atoms with E-state index in [0.29, 0.717) is 0 Å². The summed E-state index contributed by atoms with van der Waals surface area (Å²) in [6, 6.07) is 0. The lowest BCUT2D eigenvalue weighted by Gasteiger charge is -2.29. The van der Waals surface area contributed by atoms with Crippen LogP contribution in [0.4, 0.5) is 0 Å². The first-order valence-electron chi connectivity index (χ1n) is 5.29. The van der Waals surface area contributed by atoms with Crippen LogP contribution in [0.1, 0.15) is 41.5 Å². The summed E-state index contributed by atoms with van der Waals surface area (Å²) >= 11 is 0. The molecular weight excluding hydrogens is 176 g/mol. The van der Waals surface area contributed by atoms with E-state index in [9.17, 15) is 9.59 Å². The van der Waals surface area contributed by atoms with Crippen molar-refractivity contribution in [3.05, 3.63) is 0 Å². The number of hydrogen-bond acceptors (Lipinski definition) is 2. The Labute approximate surface area is 87.1 Å². The standard InChI is InChI=1S/C12H22O2/c1-7(2)11(9(5)13)12(8(3)4)10(6)14/h7-8,11-12H,1-6H3/t11-,12+. The summed E-state index contributed by atoms with van der Waals surface area (Å²) in [6.07, 6.45) is 0. The molecule has 0 spiro atoms. The average molecular weight is 198 g/mol. The smallest absolute Gasteiger partial charge is 0.133 e. The van der Waals surface area contributed by atoms with Crippen LogP contribution < -0.4 is 0 Å². The number of carbonyl (C=O) groups is 2. The second-order valence-corrected chi connectivity index (χ2v) is 4.76. The molecule has 0 fully saturated rings. The largest absolute Gasteiger partial charge is 0.300 e. The molecule has 0 aromatic carbocycles. The minimum Gasteiger partial charge on any atom is -0.300 e. The van der Waals surface area contributed by atoms with Gasteiger partial charge < -0.3 is 0 Å². The molecule has 0 radical (unpaired) electrons. The second-order valence-electron chi connectivity index (χ2n) is 4.76. The first kappa shape index (κ1) is 13.3. The molecule has 0 aliphatic rings.